The lowest BCUT2D eigenvalue weighted by Gasteiger charge is -2.10. The molecular weight excluding hydrogens is 290 g/mol. The maximum Gasteiger partial charge on any atom is 0.227 e. The molecule has 0 unspecified atom stereocenters. The highest BCUT2D eigenvalue weighted by molar-refractivity contribution is 5.95. The molecule has 0 bridgehead atoms. The third-order valence-electron chi connectivity index (χ3n) is 3.49. The van der Waals surface area contributed by atoms with E-state index in [-0.39, 0.29) is 18.1 Å². The Morgan fingerprint density at radius 3 is 2.35 bits per heavy atom. The van der Waals surface area contributed by atoms with Crippen LogP contribution in [0.5, 0.6) is 5.75 Å². The van der Waals surface area contributed by atoms with Gasteiger partial charge in [0.05, 0.1) is 13.0 Å². The van der Waals surface area contributed by atoms with Gasteiger partial charge in [-0.3, -0.25) is 9.59 Å². The van der Waals surface area contributed by atoms with E-state index in [4.69, 9.17) is 4.74 Å². The number of carbonyl (C=O) groups excluding carboxylic acids is 2. The van der Waals surface area contributed by atoms with Crippen molar-refractivity contribution >= 4 is 17.4 Å². The van der Waals surface area contributed by atoms with Crippen LogP contribution in [0.15, 0.2) is 42.5 Å². The Hall–Kier alpha value is -2.62. The van der Waals surface area contributed by atoms with Crippen molar-refractivity contribution in [1.82, 2.24) is 0 Å². The molecule has 0 aliphatic carbocycles. The van der Waals surface area contributed by atoms with Crippen LogP contribution in [-0.4, -0.2) is 18.3 Å². The summed E-state index contributed by atoms with van der Waals surface area (Å²) in [5, 5.41) is 2.79. The summed E-state index contributed by atoms with van der Waals surface area (Å²) in [6, 6.07) is 12.8. The van der Waals surface area contributed by atoms with Crippen molar-refractivity contribution < 1.29 is 14.3 Å². The minimum absolute atomic E-state index is 0.00439. The third kappa shape index (κ3) is 4.95. The molecule has 0 fully saturated rings. The molecule has 0 aliphatic heterocycles. The number of aryl methyl sites for hydroxylation is 2. The highest BCUT2D eigenvalue weighted by Crippen LogP contribution is 2.19. The zero-order valence-corrected chi connectivity index (χ0v) is 13.7. The molecular formula is C19H21NO3. The van der Waals surface area contributed by atoms with E-state index in [1.807, 2.05) is 32.0 Å². The van der Waals surface area contributed by atoms with Crippen molar-refractivity contribution in [2.45, 2.75) is 27.2 Å². The molecule has 0 saturated carbocycles. The van der Waals surface area contributed by atoms with Gasteiger partial charge in [0.1, 0.15) is 5.75 Å². The Balaban J connectivity index is 1.82. The van der Waals surface area contributed by atoms with Crippen molar-refractivity contribution in [3.8, 4) is 5.75 Å². The molecule has 120 valence electrons. The molecule has 0 spiro atoms. The van der Waals surface area contributed by atoms with Crippen LogP contribution in [0, 0.1) is 13.8 Å². The molecule has 0 atom stereocenters. The highest BCUT2D eigenvalue weighted by atomic mass is 16.5. The Labute approximate surface area is 136 Å². The number of hydrogen-bond acceptors (Lipinski definition) is 3. The summed E-state index contributed by atoms with van der Waals surface area (Å²) >= 11 is 0. The van der Waals surface area contributed by atoms with Gasteiger partial charge < -0.3 is 10.1 Å². The van der Waals surface area contributed by atoms with Crippen LogP contribution in [0.2, 0.25) is 0 Å². The first-order valence-corrected chi connectivity index (χ1v) is 7.56. The summed E-state index contributed by atoms with van der Waals surface area (Å²) in [5.41, 5.74) is 3.54. The number of benzene rings is 2. The summed E-state index contributed by atoms with van der Waals surface area (Å²) in [5.74, 6) is 0.685. The minimum Gasteiger partial charge on any atom is -0.493 e. The predicted octanol–water partition coefficient (Wildman–Crippen LogP) is 3.91. The molecule has 1 amide bonds. The quantitative estimate of drug-likeness (QED) is 0.823. The molecule has 2 rings (SSSR count). The van der Waals surface area contributed by atoms with Gasteiger partial charge in [-0.2, -0.15) is 0 Å². The zero-order chi connectivity index (χ0) is 16.8. The van der Waals surface area contributed by atoms with Gasteiger partial charge in [-0.1, -0.05) is 17.7 Å². The summed E-state index contributed by atoms with van der Waals surface area (Å²) in [7, 11) is 0. The molecule has 0 aliphatic rings. The Kier molecular flexibility index (Phi) is 5.52. The van der Waals surface area contributed by atoms with Crippen LogP contribution in [0.3, 0.4) is 0 Å². The maximum absolute atomic E-state index is 11.9. The molecule has 0 aromatic heterocycles. The second-order valence-electron chi connectivity index (χ2n) is 5.55. The number of nitrogens with one attached hydrogen (secondary N) is 1. The Morgan fingerprint density at radius 1 is 1.04 bits per heavy atom. The summed E-state index contributed by atoms with van der Waals surface area (Å²) in [4.78, 5) is 23.1. The molecule has 0 radical (unpaired) electrons. The lowest BCUT2D eigenvalue weighted by molar-refractivity contribution is -0.116. The van der Waals surface area contributed by atoms with Crippen LogP contribution < -0.4 is 10.1 Å². The van der Waals surface area contributed by atoms with E-state index in [1.54, 1.807) is 24.3 Å². The number of rotatable bonds is 6. The van der Waals surface area contributed by atoms with E-state index in [1.165, 1.54) is 12.5 Å². The minimum atomic E-state index is -0.120. The Bertz CT molecular complexity index is 705. The average Bonchev–Trinajstić information content (AvgIpc) is 2.50. The number of ketones is 1. The monoisotopic (exact) mass is 311 g/mol. The molecule has 0 saturated heterocycles. The number of carbonyl (C=O) groups is 2. The number of hydrogen-bond donors (Lipinski definition) is 1. The first-order valence-electron chi connectivity index (χ1n) is 7.56. The normalized spacial score (nSPS) is 10.2. The van der Waals surface area contributed by atoms with E-state index in [0.29, 0.717) is 17.9 Å². The van der Waals surface area contributed by atoms with Crippen LogP contribution in [-0.2, 0) is 4.79 Å². The first-order chi connectivity index (χ1) is 11.0. The van der Waals surface area contributed by atoms with Crippen LogP contribution in [0.4, 0.5) is 5.69 Å². The van der Waals surface area contributed by atoms with Gasteiger partial charge in [0.15, 0.2) is 5.78 Å². The fraction of sp³-hybridized carbons (Fsp3) is 0.263. The second-order valence-corrected chi connectivity index (χ2v) is 5.55. The lowest BCUT2D eigenvalue weighted by atomic mass is 10.1. The van der Waals surface area contributed by atoms with Crippen molar-refractivity contribution in [2.75, 3.05) is 11.9 Å². The second kappa shape index (κ2) is 7.58. The molecule has 1 N–H and O–H groups in total. The lowest BCUT2D eigenvalue weighted by Crippen LogP contribution is -2.15. The van der Waals surface area contributed by atoms with Gasteiger partial charge >= 0.3 is 0 Å². The largest absolute Gasteiger partial charge is 0.493 e. The van der Waals surface area contributed by atoms with E-state index in [9.17, 15) is 9.59 Å². The van der Waals surface area contributed by atoms with Crippen LogP contribution >= 0.6 is 0 Å². The van der Waals surface area contributed by atoms with E-state index in [0.717, 1.165) is 11.3 Å². The van der Waals surface area contributed by atoms with Crippen molar-refractivity contribution in [3.63, 3.8) is 0 Å². The van der Waals surface area contributed by atoms with E-state index >= 15 is 0 Å². The van der Waals surface area contributed by atoms with Crippen LogP contribution in [0.1, 0.15) is 34.8 Å². The molecule has 0 heterocycles. The van der Waals surface area contributed by atoms with E-state index in [2.05, 4.69) is 5.32 Å². The fourth-order valence-electron chi connectivity index (χ4n) is 2.23. The Morgan fingerprint density at radius 2 is 1.74 bits per heavy atom. The number of Topliss-reactive ketones (excluding diaryl/α,β-unsaturated/α-hetero) is 1. The van der Waals surface area contributed by atoms with Gasteiger partial charge in [0, 0.05) is 11.3 Å². The summed E-state index contributed by atoms with van der Waals surface area (Å²) in [6.07, 6.45) is 0.266. The van der Waals surface area contributed by atoms with Gasteiger partial charge in [0.2, 0.25) is 5.91 Å². The molecule has 2 aromatic carbocycles. The van der Waals surface area contributed by atoms with Crippen molar-refractivity contribution in [2.24, 2.45) is 0 Å². The zero-order valence-electron chi connectivity index (χ0n) is 13.7. The van der Waals surface area contributed by atoms with Gasteiger partial charge in [-0.25, -0.2) is 0 Å². The van der Waals surface area contributed by atoms with E-state index < -0.39 is 0 Å². The summed E-state index contributed by atoms with van der Waals surface area (Å²) < 4.78 is 5.65. The standard InChI is InChI=1S/C19H21NO3/c1-13-4-9-18(14(2)12-13)23-11-10-19(22)20-17-7-5-16(6-8-17)15(3)21/h4-9,12H,10-11H2,1-3H3,(H,20,22). The SMILES string of the molecule is CC(=O)c1ccc(NC(=O)CCOc2ccc(C)cc2C)cc1. The predicted molar refractivity (Wildman–Crippen MR) is 91.1 cm³/mol. The van der Waals surface area contributed by atoms with Gasteiger partial charge in [0.25, 0.3) is 0 Å². The summed E-state index contributed by atoms with van der Waals surface area (Å²) in [6.45, 7) is 5.85. The maximum atomic E-state index is 11.9. The fourth-order valence-corrected chi connectivity index (χ4v) is 2.23. The average molecular weight is 311 g/mol. The first kappa shape index (κ1) is 16.7. The number of ether oxygens (including phenoxy) is 1. The molecule has 2 aromatic rings. The molecule has 4 heteroatoms. The smallest absolute Gasteiger partial charge is 0.227 e. The van der Waals surface area contributed by atoms with Gasteiger partial charge in [-0.15, -0.1) is 0 Å². The van der Waals surface area contributed by atoms with Crippen LogP contribution in [0.25, 0.3) is 0 Å². The highest BCUT2D eigenvalue weighted by Gasteiger charge is 2.05. The van der Waals surface area contributed by atoms with Gasteiger partial charge in [-0.05, 0) is 56.7 Å². The third-order valence-corrected chi connectivity index (χ3v) is 3.49. The molecule has 23 heavy (non-hydrogen) atoms. The van der Waals surface area contributed by atoms with Crippen molar-refractivity contribution in [1.29, 1.82) is 0 Å². The molecule has 4 nitrogen and oxygen atoms in total. The topological polar surface area (TPSA) is 55.4 Å². The number of anilines is 1. The number of amides is 1. The van der Waals surface area contributed by atoms with Crippen molar-refractivity contribution in [3.05, 3.63) is 59.2 Å².